The molecule has 1 saturated heterocycles. The van der Waals surface area contributed by atoms with E-state index in [-0.39, 0.29) is 60.2 Å². The van der Waals surface area contributed by atoms with Crippen molar-refractivity contribution in [3.8, 4) is 5.88 Å². The molecule has 2 aromatic heterocycles. The number of benzene rings is 1. The summed E-state index contributed by atoms with van der Waals surface area (Å²) >= 11 is 0.927. The van der Waals surface area contributed by atoms with Gasteiger partial charge in [-0.05, 0) is 33.3 Å². The number of halogens is 1. The van der Waals surface area contributed by atoms with Crippen LogP contribution in [0.25, 0.3) is 11.2 Å². The zero-order valence-corrected chi connectivity index (χ0v) is 28.5. The van der Waals surface area contributed by atoms with E-state index in [4.69, 9.17) is 29.0 Å². The molecular formula is C29H40FN6O9PS. The molecule has 0 spiro atoms. The van der Waals surface area contributed by atoms with E-state index in [1.807, 2.05) is 30.3 Å². The molecule has 258 valence electrons. The van der Waals surface area contributed by atoms with Gasteiger partial charge in [0.2, 0.25) is 11.8 Å². The molecule has 0 aliphatic carbocycles. The van der Waals surface area contributed by atoms with Crippen LogP contribution in [0.4, 0.5) is 10.3 Å². The second-order valence-electron chi connectivity index (χ2n) is 11.5. The number of nitrogen functional groups attached to an aromatic ring is 1. The highest BCUT2D eigenvalue weighted by atomic mass is 32.2. The Morgan fingerprint density at radius 1 is 1.26 bits per heavy atom. The number of esters is 1. The highest BCUT2D eigenvalue weighted by Gasteiger charge is 2.56. The number of aliphatic hydroxyl groups excluding tert-OH is 1. The Morgan fingerprint density at radius 2 is 1.98 bits per heavy atom. The largest absolute Gasteiger partial charge is 0.476 e. The Labute approximate surface area is 275 Å². The third-order valence-corrected chi connectivity index (χ3v) is 9.89. The van der Waals surface area contributed by atoms with E-state index < -0.39 is 49.8 Å². The number of fused-ring (bicyclic) bond motifs is 1. The molecule has 0 bridgehead atoms. The zero-order valence-electron chi connectivity index (χ0n) is 26.8. The average Bonchev–Trinajstić information content (AvgIpc) is 3.54. The van der Waals surface area contributed by atoms with E-state index >= 15 is 4.39 Å². The fourth-order valence-corrected chi connectivity index (χ4v) is 6.81. The Kier molecular flexibility index (Phi) is 12.0. The summed E-state index contributed by atoms with van der Waals surface area (Å²) in [5, 5.41) is 13.5. The fraction of sp³-hybridized carbons (Fsp3) is 0.552. The number of nitrogens with two attached hydrogens (primary N) is 1. The molecule has 0 radical (unpaired) electrons. The van der Waals surface area contributed by atoms with E-state index in [2.05, 4.69) is 20.0 Å². The number of nitrogens with zero attached hydrogens (tertiary/aromatic N) is 4. The van der Waals surface area contributed by atoms with Crippen LogP contribution in [-0.2, 0) is 39.2 Å². The van der Waals surface area contributed by atoms with Crippen LogP contribution in [-0.4, -0.2) is 85.8 Å². The van der Waals surface area contributed by atoms with Crippen LogP contribution in [0.2, 0.25) is 0 Å². The van der Waals surface area contributed by atoms with Crippen molar-refractivity contribution in [1.82, 2.24) is 24.6 Å². The highest BCUT2D eigenvalue weighted by Crippen LogP contribution is 2.48. The molecule has 3 heterocycles. The molecule has 1 aromatic carbocycles. The second kappa shape index (κ2) is 15.4. The number of hydrogen-bond donors (Lipinski definition) is 3. The molecule has 4 rings (SSSR count). The summed E-state index contributed by atoms with van der Waals surface area (Å²) < 4.78 is 58.9. The quantitative estimate of drug-likeness (QED) is 0.111. The summed E-state index contributed by atoms with van der Waals surface area (Å²) in [6.45, 7) is 7.06. The minimum atomic E-state index is -4.10. The van der Waals surface area contributed by atoms with Crippen LogP contribution in [0.5, 0.6) is 5.88 Å². The summed E-state index contributed by atoms with van der Waals surface area (Å²) in [7, 11) is -4.10. The first-order chi connectivity index (χ1) is 22.2. The van der Waals surface area contributed by atoms with Crippen molar-refractivity contribution in [2.45, 2.75) is 65.3 Å². The topological polar surface area (TPSA) is 199 Å². The maximum atomic E-state index is 16.1. The zero-order chi connectivity index (χ0) is 34.4. The van der Waals surface area contributed by atoms with Gasteiger partial charge in [-0.15, -0.1) is 0 Å². The SMILES string of the molecule is CCOc1nc(N)nc2c1ncn2[C@@H]1O[C@H](COP(=O)(NCc2ccccc2)OCCSC(=O)C(C)(C)COC(C)=O)[C@@H](O)[C@@]1(C)F. The van der Waals surface area contributed by atoms with Crippen LogP contribution in [0.3, 0.4) is 0 Å². The minimum absolute atomic E-state index is 0.0870. The standard InChI is InChI=1S/C29H40FN6O9PS/c1-6-41-24-21-23(34-27(31)35-24)36(17-32-21)25-29(5,30)22(38)20(45-25)15-44-46(40,33-14-19-10-8-7-9-11-19)43-12-13-47-26(39)28(3,4)16-42-18(2)37/h7-11,17,20,22,25,38H,6,12-16H2,1-5H3,(H,33,40)(H2,31,34,35)/t20-,22-,25-,29-,46?/m1/s1. The summed E-state index contributed by atoms with van der Waals surface area (Å²) in [5.74, 6) is -0.399. The summed E-state index contributed by atoms with van der Waals surface area (Å²) in [6, 6.07) is 9.07. The lowest BCUT2D eigenvalue weighted by molar-refractivity contribution is -0.145. The van der Waals surface area contributed by atoms with Gasteiger partial charge in [-0.25, -0.2) is 19.0 Å². The Bertz CT molecular complexity index is 1590. The predicted octanol–water partition coefficient (Wildman–Crippen LogP) is 3.57. The van der Waals surface area contributed by atoms with Gasteiger partial charge in [-0.3, -0.25) is 23.2 Å². The fourth-order valence-electron chi connectivity index (χ4n) is 4.58. The number of imidazole rings is 1. The molecule has 1 aliphatic rings. The van der Waals surface area contributed by atoms with Crippen LogP contribution in [0.1, 0.15) is 46.4 Å². The third-order valence-electron chi connectivity index (χ3n) is 7.15. The van der Waals surface area contributed by atoms with Gasteiger partial charge in [0.1, 0.15) is 18.8 Å². The summed E-state index contributed by atoms with van der Waals surface area (Å²) in [6.07, 6.45) is -3.14. The first-order valence-electron chi connectivity index (χ1n) is 14.8. The number of nitrogens with one attached hydrogen (secondary N) is 1. The van der Waals surface area contributed by atoms with Crippen LogP contribution < -0.4 is 15.6 Å². The molecule has 1 unspecified atom stereocenters. The molecule has 15 nitrogen and oxygen atoms in total. The van der Waals surface area contributed by atoms with Crippen LogP contribution in [0, 0.1) is 5.41 Å². The molecule has 5 atom stereocenters. The number of aliphatic hydroxyl groups is 1. The number of thioether (sulfide) groups is 1. The number of alkyl halides is 1. The van der Waals surface area contributed by atoms with E-state index in [9.17, 15) is 19.3 Å². The smallest absolute Gasteiger partial charge is 0.405 e. The van der Waals surface area contributed by atoms with E-state index in [1.54, 1.807) is 20.8 Å². The molecule has 3 aromatic rings. The lowest BCUT2D eigenvalue weighted by Crippen LogP contribution is -2.40. The minimum Gasteiger partial charge on any atom is -0.476 e. The Morgan fingerprint density at radius 3 is 2.66 bits per heavy atom. The average molecular weight is 699 g/mol. The molecule has 1 fully saturated rings. The van der Waals surface area contributed by atoms with Gasteiger partial charge in [0.25, 0.3) is 0 Å². The molecular weight excluding hydrogens is 658 g/mol. The molecule has 4 N–H and O–H groups in total. The van der Waals surface area contributed by atoms with Gasteiger partial charge in [0.05, 0.1) is 31.6 Å². The first kappa shape index (κ1) is 36.7. The van der Waals surface area contributed by atoms with E-state index in [0.717, 1.165) is 24.2 Å². The number of carbonyl (C=O) groups is 2. The number of carbonyl (C=O) groups excluding carboxylic acids is 2. The molecule has 0 saturated carbocycles. The van der Waals surface area contributed by atoms with Gasteiger partial charge >= 0.3 is 13.7 Å². The number of aromatic nitrogens is 4. The summed E-state index contributed by atoms with van der Waals surface area (Å²) in [5.41, 5.74) is 3.67. The van der Waals surface area contributed by atoms with Gasteiger partial charge in [0, 0.05) is 19.2 Å². The maximum absolute atomic E-state index is 16.1. The van der Waals surface area contributed by atoms with Crippen molar-refractivity contribution in [2.75, 3.05) is 37.9 Å². The van der Waals surface area contributed by atoms with Crippen LogP contribution >= 0.6 is 19.5 Å². The van der Waals surface area contributed by atoms with Crippen molar-refractivity contribution in [1.29, 1.82) is 0 Å². The first-order valence-corrected chi connectivity index (χ1v) is 17.3. The molecule has 0 amide bonds. The van der Waals surface area contributed by atoms with Crippen molar-refractivity contribution >= 4 is 47.7 Å². The van der Waals surface area contributed by atoms with Gasteiger partial charge in [-0.2, -0.15) is 9.97 Å². The number of anilines is 1. The summed E-state index contributed by atoms with van der Waals surface area (Å²) in [4.78, 5) is 36.3. The second-order valence-corrected chi connectivity index (χ2v) is 14.4. The highest BCUT2D eigenvalue weighted by molar-refractivity contribution is 8.13. The molecule has 18 heteroatoms. The van der Waals surface area contributed by atoms with Crippen LogP contribution in [0.15, 0.2) is 36.7 Å². The Balaban J connectivity index is 1.45. The normalized spacial score (nSPS) is 22.7. The maximum Gasteiger partial charge on any atom is 0.405 e. The van der Waals surface area contributed by atoms with Gasteiger partial charge in [-0.1, -0.05) is 42.1 Å². The predicted molar refractivity (Wildman–Crippen MR) is 171 cm³/mol. The van der Waals surface area contributed by atoms with Crippen molar-refractivity contribution in [2.24, 2.45) is 5.41 Å². The monoisotopic (exact) mass is 698 g/mol. The van der Waals surface area contributed by atoms with E-state index in [0.29, 0.717) is 0 Å². The Hall–Kier alpha value is -3.18. The van der Waals surface area contributed by atoms with Crippen molar-refractivity contribution in [3.05, 3.63) is 42.2 Å². The molecule has 1 aliphatic heterocycles. The lowest BCUT2D eigenvalue weighted by Gasteiger charge is -2.25. The van der Waals surface area contributed by atoms with Gasteiger partial charge in [0.15, 0.2) is 28.2 Å². The molecule has 47 heavy (non-hydrogen) atoms. The van der Waals surface area contributed by atoms with Crippen molar-refractivity contribution in [3.63, 3.8) is 0 Å². The van der Waals surface area contributed by atoms with Crippen molar-refractivity contribution < 1.29 is 46.9 Å². The number of ether oxygens (including phenoxy) is 3. The number of rotatable bonds is 16. The van der Waals surface area contributed by atoms with Gasteiger partial charge < -0.3 is 25.1 Å². The van der Waals surface area contributed by atoms with E-state index in [1.165, 1.54) is 17.8 Å². The third kappa shape index (κ3) is 9.04. The lowest BCUT2D eigenvalue weighted by atomic mass is 9.97. The number of hydrogen-bond acceptors (Lipinski definition) is 14.